The van der Waals surface area contributed by atoms with E-state index in [0.29, 0.717) is 10.9 Å². The average Bonchev–Trinajstić information content (AvgIpc) is 2.88. The van der Waals surface area contributed by atoms with E-state index in [1.54, 1.807) is 23.5 Å². The molecule has 4 aromatic rings. The number of thioether (sulfide) groups is 2. The second kappa shape index (κ2) is 8.16. The van der Waals surface area contributed by atoms with Crippen LogP contribution in [0.2, 0.25) is 0 Å². The number of hydrogen-bond donors (Lipinski definition) is 0. The average molecular weight is 546 g/mol. The lowest BCUT2D eigenvalue weighted by molar-refractivity contribution is 0.101. The minimum absolute atomic E-state index is 0.0221. The Hall–Kier alpha value is -3.21. The summed E-state index contributed by atoms with van der Waals surface area (Å²) in [5, 5.41) is 20.1. The van der Waals surface area contributed by atoms with Gasteiger partial charge in [-0.3, -0.25) is 9.90 Å². The van der Waals surface area contributed by atoms with E-state index in [0.717, 1.165) is 32.6 Å². The maximum Gasteiger partial charge on any atom is 0.190 e. The fraction of sp³-hybridized carbons (Fsp3) is 0.229. The van der Waals surface area contributed by atoms with Gasteiger partial charge in [-0.25, -0.2) is 0 Å². The fourth-order valence-corrected chi connectivity index (χ4v) is 7.99. The topological polar surface area (TPSA) is 37.0 Å². The number of ketones is 1. The number of rotatable bonds is 1. The third-order valence-electron chi connectivity index (χ3n) is 8.00. The molecule has 7 rings (SSSR count). The molecular weight excluding hydrogens is 517 g/mol. The molecule has 1 aliphatic carbocycles. The lowest BCUT2D eigenvalue weighted by Gasteiger charge is -2.29. The van der Waals surface area contributed by atoms with Crippen LogP contribution < -0.4 is 0 Å². The van der Waals surface area contributed by atoms with Gasteiger partial charge >= 0.3 is 0 Å². The molecule has 2 nitrogen and oxygen atoms in total. The standard InChI is InChI=1S/C35H29O2S2/c1-34(2,3)24-15-21-16-25(35(4,5)6)33(37)23-14-20(13-22(29(21)23)32(24)36)28-17-19-8-9-26-30-18(11-12-38-26)7-10-27(39-28)31(19)30/h7-17H,1-6H3. The highest BCUT2D eigenvalue weighted by molar-refractivity contribution is 8.08. The van der Waals surface area contributed by atoms with Crippen molar-refractivity contribution in [3.8, 4) is 5.75 Å². The number of carbonyl (C=O) groups excluding carboxylic acids is 1. The Morgan fingerprint density at radius 1 is 0.718 bits per heavy atom. The van der Waals surface area contributed by atoms with Crippen molar-refractivity contribution in [2.45, 2.75) is 56.7 Å². The molecule has 0 amide bonds. The molecular formula is C35H29O2S2. The van der Waals surface area contributed by atoms with E-state index in [9.17, 15) is 9.90 Å². The third-order valence-corrected chi connectivity index (χ3v) is 10.0. The summed E-state index contributed by atoms with van der Waals surface area (Å²) in [6.45, 7) is 12.5. The molecule has 0 aromatic heterocycles. The molecule has 4 aromatic carbocycles. The van der Waals surface area contributed by atoms with Crippen molar-refractivity contribution < 1.29 is 9.90 Å². The summed E-state index contributed by atoms with van der Waals surface area (Å²) < 4.78 is 0. The van der Waals surface area contributed by atoms with E-state index in [1.807, 2.05) is 24.3 Å². The summed E-state index contributed by atoms with van der Waals surface area (Å²) in [6, 6.07) is 14.9. The third kappa shape index (κ3) is 3.68. The van der Waals surface area contributed by atoms with Crippen molar-refractivity contribution >= 4 is 74.0 Å². The van der Waals surface area contributed by atoms with Crippen molar-refractivity contribution in [2.24, 2.45) is 5.41 Å². The van der Waals surface area contributed by atoms with Gasteiger partial charge < -0.3 is 0 Å². The number of hydrogen-bond acceptors (Lipinski definition) is 3. The second-order valence-corrected chi connectivity index (χ2v) is 14.8. The molecule has 193 valence electrons. The first-order valence-corrected chi connectivity index (χ1v) is 15.0. The van der Waals surface area contributed by atoms with Gasteiger partial charge in [0.15, 0.2) is 11.5 Å². The van der Waals surface area contributed by atoms with Crippen LogP contribution in [0.3, 0.4) is 0 Å². The molecule has 0 saturated carbocycles. The minimum Gasteiger partial charge on any atom is -0.289 e. The van der Waals surface area contributed by atoms with Crippen molar-refractivity contribution in [2.75, 3.05) is 0 Å². The van der Waals surface area contributed by atoms with Gasteiger partial charge in [-0.15, -0.1) is 0 Å². The molecule has 1 radical (unpaired) electrons. The van der Waals surface area contributed by atoms with Crippen LogP contribution in [-0.4, -0.2) is 5.78 Å². The van der Waals surface area contributed by atoms with Crippen LogP contribution in [0.25, 0.3) is 44.7 Å². The van der Waals surface area contributed by atoms with Crippen LogP contribution in [0.1, 0.15) is 79.7 Å². The lowest BCUT2D eigenvalue weighted by Crippen LogP contribution is -2.21. The maximum atomic E-state index is 13.9. The molecule has 3 aliphatic rings. The van der Waals surface area contributed by atoms with E-state index in [-0.39, 0.29) is 22.4 Å². The van der Waals surface area contributed by atoms with Gasteiger partial charge in [0, 0.05) is 52.9 Å². The van der Waals surface area contributed by atoms with Gasteiger partial charge in [-0.2, -0.15) is 0 Å². The highest BCUT2D eigenvalue weighted by Gasteiger charge is 2.33. The monoisotopic (exact) mass is 545 g/mol. The highest BCUT2D eigenvalue weighted by Crippen LogP contribution is 2.51. The van der Waals surface area contributed by atoms with Gasteiger partial charge in [-0.05, 0) is 87.1 Å². The molecule has 0 N–H and O–H groups in total. The van der Waals surface area contributed by atoms with Gasteiger partial charge in [0.1, 0.15) is 0 Å². The quantitative estimate of drug-likeness (QED) is 0.239. The van der Waals surface area contributed by atoms with Crippen molar-refractivity contribution in [3.63, 3.8) is 0 Å². The van der Waals surface area contributed by atoms with E-state index in [2.05, 4.69) is 83.4 Å². The van der Waals surface area contributed by atoms with Crippen molar-refractivity contribution in [3.05, 3.63) is 86.8 Å². The fourth-order valence-electron chi connectivity index (χ4n) is 6.02. The zero-order valence-corrected chi connectivity index (χ0v) is 24.6. The van der Waals surface area contributed by atoms with Crippen molar-refractivity contribution in [1.29, 1.82) is 0 Å². The Bertz CT molecular complexity index is 1890. The smallest absolute Gasteiger partial charge is 0.190 e. The first kappa shape index (κ1) is 24.8. The molecule has 0 spiro atoms. The Morgan fingerprint density at radius 3 is 2.18 bits per heavy atom. The summed E-state index contributed by atoms with van der Waals surface area (Å²) in [6.07, 6.45) is 6.43. The largest absolute Gasteiger partial charge is 0.289 e. The predicted octanol–water partition coefficient (Wildman–Crippen LogP) is 10.7. The molecule has 0 fully saturated rings. The van der Waals surface area contributed by atoms with Crippen LogP contribution in [0.5, 0.6) is 5.75 Å². The number of allylic oxidation sites excluding steroid dienone is 1. The van der Waals surface area contributed by atoms with Crippen LogP contribution >= 0.6 is 23.5 Å². The summed E-state index contributed by atoms with van der Waals surface area (Å²) in [5.74, 6) is 0.0443. The summed E-state index contributed by atoms with van der Waals surface area (Å²) >= 11 is 3.49. The Morgan fingerprint density at radius 2 is 1.44 bits per heavy atom. The zero-order chi connectivity index (χ0) is 27.4. The Labute approximate surface area is 237 Å². The van der Waals surface area contributed by atoms with E-state index < -0.39 is 0 Å². The first-order chi connectivity index (χ1) is 18.4. The second-order valence-electron chi connectivity index (χ2n) is 12.8. The number of benzene rings is 4. The predicted molar refractivity (Wildman–Crippen MR) is 167 cm³/mol. The lowest BCUT2D eigenvalue weighted by atomic mass is 9.74. The molecule has 4 heteroatoms. The highest BCUT2D eigenvalue weighted by atomic mass is 32.2. The maximum absolute atomic E-state index is 13.9. The van der Waals surface area contributed by atoms with Gasteiger partial charge in [-0.1, -0.05) is 77.2 Å². The molecule has 0 saturated heterocycles. The van der Waals surface area contributed by atoms with E-state index in [1.165, 1.54) is 31.7 Å². The zero-order valence-electron chi connectivity index (χ0n) is 23.0. The molecule has 2 aliphatic heterocycles. The SMILES string of the molecule is CC(C)(C)C1=Cc2cc(C(C)(C)C)c([O])c3cc(C4=Cc5ccc6c7c(ccc(c57)S4)C=CS6)cc(c23)C1=O. The van der Waals surface area contributed by atoms with Gasteiger partial charge in [0.25, 0.3) is 0 Å². The summed E-state index contributed by atoms with van der Waals surface area (Å²) in [4.78, 5) is 17.5. The van der Waals surface area contributed by atoms with Gasteiger partial charge in [0.2, 0.25) is 0 Å². The first-order valence-electron chi connectivity index (χ1n) is 13.3. The normalized spacial score (nSPS) is 16.1. The Balaban J connectivity index is 1.50. The molecule has 0 bridgehead atoms. The Kier molecular flexibility index (Phi) is 5.19. The minimum atomic E-state index is -0.310. The number of carbonyl (C=O) groups is 1. The molecule has 39 heavy (non-hydrogen) atoms. The summed E-state index contributed by atoms with van der Waals surface area (Å²) in [5.41, 5.74) is 5.92. The van der Waals surface area contributed by atoms with Crippen LogP contribution in [-0.2, 0) is 10.5 Å². The van der Waals surface area contributed by atoms with Crippen molar-refractivity contribution in [1.82, 2.24) is 0 Å². The van der Waals surface area contributed by atoms with E-state index >= 15 is 0 Å². The summed E-state index contributed by atoms with van der Waals surface area (Å²) in [7, 11) is 0. The van der Waals surface area contributed by atoms with Crippen LogP contribution in [0, 0.1) is 5.41 Å². The van der Waals surface area contributed by atoms with Crippen LogP contribution in [0.4, 0.5) is 0 Å². The van der Waals surface area contributed by atoms with Gasteiger partial charge in [0.05, 0.1) is 0 Å². The molecule has 2 heterocycles. The number of Topliss-reactive ketones (excluding diaryl/α,β-unsaturated/α-hetero) is 1. The van der Waals surface area contributed by atoms with E-state index in [4.69, 9.17) is 0 Å². The molecule has 0 atom stereocenters. The van der Waals surface area contributed by atoms with Crippen LogP contribution in [0.15, 0.2) is 63.2 Å². The molecule has 0 unspecified atom stereocenters.